The molecule has 31 heavy (non-hydrogen) atoms. The van der Waals surface area contributed by atoms with Gasteiger partial charge in [0, 0.05) is 6.42 Å². The Morgan fingerprint density at radius 3 is 2.03 bits per heavy atom. The van der Waals surface area contributed by atoms with Crippen molar-refractivity contribution in [1.29, 1.82) is 0 Å². The molecule has 3 rings (SSSR count). The van der Waals surface area contributed by atoms with Crippen LogP contribution in [-0.2, 0) is 20.7 Å². The molecule has 162 valence electrons. The van der Waals surface area contributed by atoms with Crippen molar-refractivity contribution < 1.29 is 23.9 Å². The third-order valence-electron chi connectivity index (χ3n) is 5.68. The first-order chi connectivity index (χ1) is 14.9. The van der Waals surface area contributed by atoms with Crippen molar-refractivity contribution in [1.82, 2.24) is 10.2 Å². The molecule has 2 aromatic carbocycles. The SMILES string of the molecule is CC[C@H](C)[C@H](NC(=O)[C@H](Cc1ccccc1)N1C(=O)c2ccccc2C1=O)C(=O)OC. The number of amides is 3. The zero-order valence-corrected chi connectivity index (χ0v) is 17.8. The molecular formula is C24H26N2O5. The van der Waals surface area contributed by atoms with E-state index in [0.717, 1.165) is 10.5 Å². The summed E-state index contributed by atoms with van der Waals surface area (Å²) >= 11 is 0. The number of benzene rings is 2. The first-order valence-electron chi connectivity index (χ1n) is 10.3. The van der Waals surface area contributed by atoms with Gasteiger partial charge < -0.3 is 10.1 Å². The lowest BCUT2D eigenvalue weighted by molar-refractivity contribution is -0.147. The molecule has 0 fully saturated rings. The second-order valence-corrected chi connectivity index (χ2v) is 7.63. The number of esters is 1. The maximum Gasteiger partial charge on any atom is 0.328 e. The number of ether oxygens (including phenoxy) is 1. The van der Waals surface area contributed by atoms with E-state index in [1.165, 1.54) is 7.11 Å². The number of imide groups is 1. The van der Waals surface area contributed by atoms with Crippen LogP contribution in [0.15, 0.2) is 54.6 Å². The molecule has 0 saturated heterocycles. The van der Waals surface area contributed by atoms with E-state index in [4.69, 9.17) is 4.74 Å². The lowest BCUT2D eigenvalue weighted by Crippen LogP contribution is -2.55. The molecule has 0 saturated carbocycles. The summed E-state index contributed by atoms with van der Waals surface area (Å²) in [6.07, 6.45) is 0.767. The van der Waals surface area contributed by atoms with Gasteiger partial charge in [-0.05, 0) is 23.6 Å². The zero-order chi connectivity index (χ0) is 22.5. The van der Waals surface area contributed by atoms with Crippen LogP contribution in [0.5, 0.6) is 0 Å². The summed E-state index contributed by atoms with van der Waals surface area (Å²) in [5.41, 5.74) is 1.33. The molecule has 0 radical (unpaired) electrons. The molecule has 0 aromatic heterocycles. The normalized spacial score (nSPS) is 15.8. The van der Waals surface area contributed by atoms with Gasteiger partial charge in [-0.3, -0.25) is 19.3 Å². The summed E-state index contributed by atoms with van der Waals surface area (Å²) in [5, 5.41) is 2.72. The molecule has 1 aliphatic rings. The Balaban J connectivity index is 1.95. The number of carbonyl (C=O) groups is 4. The number of nitrogens with zero attached hydrogens (tertiary/aromatic N) is 1. The van der Waals surface area contributed by atoms with Crippen molar-refractivity contribution in [3.05, 3.63) is 71.3 Å². The van der Waals surface area contributed by atoms with Gasteiger partial charge in [-0.2, -0.15) is 0 Å². The largest absolute Gasteiger partial charge is 0.467 e. The molecule has 1 N–H and O–H groups in total. The van der Waals surface area contributed by atoms with Crippen LogP contribution in [0.1, 0.15) is 46.5 Å². The molecule has 1 aliphatic heterocycles. The molecule has 1 heterocycles. The van der Waals surface area contributed by atoms with Crippen LogP contribution < -0.4 is 5.32 Å². The molecular weight excluding hydrogens is 396 g/mol. The Bertz CT molecular complexity index is 953. The highest BCUT2D eigenvalue weighted by Gasteiger charge is 2.43. The quantitative estimate of drug-likeness (QED) is 0.521. The van der Waals surface area contributed by atoms with Gasteiger partial charge in [0.2, 0.25) is 5.91 Å². The number of methoxy groups -OCH3 is 1. The highest BCUT2D eigenvalue weighted by molar-refractivity contribution is 6.22. The molecule has 3 amide bonds. The minimum absolute atomic E-state index is 0.131. The Morgan fingerprint density at radius 2 is 1.52 bits per heavy atom. The molecule has 7 heteroatoms. The average molecular weight is 422 g/mol. The molecule has 2 aromatic rings. The Hall–Kier alpha value is -3.48. The first-order valence-corrected chi connectivity index (χ1v) is 10.3. The van der Waals surface area contributed by atoms with Crippen LogP contribution in [-0.4, -0.2) is 47.8 Å². The second-order valence-electron chi connectivity index (χ2n) is 7.63. The van der Waals surface area contributed by atoms with E-state index < -0.39 is 35.8 Å². The smallest absolute Gasteiger partial charge is 0.328 e. The number of carbonyl (C=O) groups excluding carboxylic acids is 4. The summed E-state index contributed by atoms with van der Waals surface area (Å²) in [7, 11) is 1.26. The van der Waals surface area contributed by atoms with Crippen LogP contribution in [0.3, 0.4) is 0 Å². The summed E-state index contributed by atoms with van der Waals surface area (Å²) in [6, 6.07) is 13.7. The molecule has 0 spiro atoms. The summed E-state index contributed by atoms with van der Waals surface area (Å²) in [5.74, 6) is -2.36. The van der Waals surface area contributed by atoms with E-state index in [9.17, 15) is 19.2 Å². The number of rotatable bonds is 8. The summed E-state index contributed by atoms with van der Waals surface area (Å²) in [6.45, 7) is 3.73. The van der Waals surface area contributed by atoms with E-state index in [1.807, 2.05) is 44.2 Å². The molecule has 3 atom stereocenters. The maximum atomic E-state index is 13.4. The fourth-order valence-electron chi connectivity index (χ4n) is 3.68. The summed E-state index contributed by atoms with van der Waals surface area (Å²) < 4.78 is 4.85. The zero-order valence-electron chi connectivity index (χ0n) is 17.8. The highest BCUT2D eigenvalue weighted by Crippen LogP contribution is 2.26. The standard InChI is InChI=1S/C24H26N2O5/c1-4-15(2)20(24(30)31-3)25-21(27)19(14-16-10-6-5-7-11-16)26-22(28)17-12-8-9-13-18(17)23(26)29/h5-13,15,19-20H,4,14H2,1-3H3,(H,25,27)/t15-,19-,20-/m0/s1. The minimum Gasteiger partial charge on any atom is -0.467 e. The molecule has 7 nitrogen and oxygen atoms in total. The van der Waals surface area contributed by atoms with E-state index in [-0.39, 0.29) is 23.5 Å². The van der Waals surface area contributed by atoms with Crippen LogP contribution in [0, 0.1) is 5.92 Å². The number of hydrogen-bond donors (Lipinski definition) is 1. The third-order valence-corrected chi connectivity index (χ3v) is 5.68. The van der Waals surface area contributed by atoms with E-state index >= 15 is 0 Å². The van der Waals surface area contributed by atoms with Gasteiger partial charge in [0.25, 0.3) is 11.8 Å². The molecule has 0 bridgehead atoms. The van der Waals surface area contributed by atoms with Crippen molar-refractivity contribution in [3.63, 3.8) is 0 Å². The van der Waals surface area contributed by atoms with Gasteiger partial charge in [0.1, 0.15) is 12.1 Å². The Kier molecular flexibility index (Phi) is 6.84. The van der Waals surface area contributed by atoms with Gasteiger partial charge >= 0.3 is 5.97 Å². The second kappa shape index (κ2) is 9.55. The topological polar surface area (TPSA) is 92.8 Å². The monoisotopic (exact) mass is 422 g/mol. The predicted octanol–water partition coefficient (Wildman–Crippen LogP) is 2.60. The van der Waals surface area contributed by atoms with Crippen molar-refractivity contribution in [2.24, 2.45) is 5.92 Å². The van der Waals surface area contributed by atoms with Crippen LogP contribution in [0.4, 0.5) is 0 Å². The van der Waals surface area contributed by atoms with Gasteiger partial charge in [-0.25, -0.2) is 4.79 Å². The van der Waals surface area contributed by atoms with Gasteiger partial charge in [0.15, 0.2) is 0 Å². The van der Waals surface area contributed by atoms with Crippen molar-refractivity contribution in [2.75, 3.05) is 7.11 Å². The van der Waals surface area contributed by atoms with Crippen LogP contribution >= 0.6 is 0 Å². The number of fused-ring (bicyclic) bond motifs is 1. The maximum absolute atomic E-state index is 13.4. The summed E-state index contributed by atoms with van der Waals surface area (Å²) in [4.78, 5) is 52.7. The number of nitrogens with one attached hydrogen (secondary N) is 1. The Labute approximate surface area is 181 Å². The average Bonchev–Trinajstić information content (AvgIpc) is 3.05. The van der Waals surface area contributed by atoms with Crippen molar-refractivity contribution in [2.45, 2.75) is 38.8 Å². The van der Waals surface area contributed by atoms with Gasteiger partial charge in [-0.15, -0.1) is 0 Å². The van der Waals surface area contributed by atoms with Gasteiger partial charge in [0.05, 0.1) is 18.2 Å². The van der Waals surface area contributed by atoms with Crippen LogP contribution in [0.2, 0.25) is 0 Å². The van der Waals surface area contributed by atoms with Gasteiger partial charge in [-0.1, -0.05) is 62.7 Å². The van der Waals surface area contributed by atoms with E-state index in [1.54, 1.807) is 24.3 Å². The number of hydrogen-bond acceptors (Lipinski definition) is 5. The lowest BCUT2D eigenvalue weighted by atomic mass is 9.97. The molecule has 0 aliphatic carbocycles. The van der Waals surface area contributed by atoms with Crippen molar-refractivity contribution >= 4 is 23.7 Å². The Morgan fingerprint density at radius 1 is 0.968 bits per heavy atom. The first kappa shape index (κ1) is 22.2. The van der Waals surface area contributed by atoms with E-state index in [0.29, 0.717) is 6.42 Å². The highest BCUT2D eigenvalue weighted by atomic mass is 16.5. The van der Waals surface area contributed by atoms with E-state index in [2.05, 4.69) is 5.32 Å². The lowest BCUT2D eigenvalue weighted by Gasteiger charge is -2.29. The fourth-order valence-corrected chi connectivity index (χ4v) is 3.68. The fraction of sp³-hybridized carbons (Fsp3) is 0.333. The predicted molar refractivity (Wildman–Crippen MR) is 114 cm³/mol. The van der Waals surface area contributed by atoms with Crippen molar-refractivity contribution in [3.8, 4) is 0 Å². The minimum atomic E-state index is -1.11. The molecule has 0 unspecified atom stereocenters. The third kappa shape index (κ3) is 4.50. The van der Waals surface area contributed by atoms with Crippen LogP contribution in [0.25, 0.3) is 0 Å².